The lowest BCUT2D eigenvalue weighted by Gasteiger charge is -2.09. The third-order valence-corrected chi connectivity index (χ3v) is 2.89. The molecule has 0 aromatic heterocycles. The van der Waals surface area contributed by atoms with Crippen LogP contribution in [0.4, 0.5) is 4.79 Å². The molecule has 1 aromatic rings. The Kier molecular flexibility index (Phi) is 9.04. The number of unbranched alkanes of at least 4 members (excludes halogenated alkanes) is 1. The van der Waals surface area contributed by atoms with Crippen LogP contribution >= 0.6 is 0 Å². The van der Waals surface area contributed by atoms with E-state index in [4.69, 9.17) is 9.47 Å². The van der Waals surface area contributed by atoms with Gasteiger partial charge in [0.25, 0.3) is 0 Å². The molecule has 5 nitrogen and oxygen atoms in total. The van der Waals surface area contributed by atoms with Gasteiger partial charge in [0.15, 0.2) is 6.73 Å². The number of carbonyl (C=O) groups excluding carboxylic acids is 1. The number of benzene rings is 1. The smallest absolute Gasteiger partial charge is 0.317 e. The lowest BCUT2D eigenvalue weighted by molar-refractivity contribution is 0.129. The number of carbonyl (C=O) groups is 1. The Bertz CT molecular complexity index is 393. The van der Waals surface area contributed by atoms with Crippen LogP contribution < -0.4 is 15.4 Å². The molecule has 2 amide bonds. The lowest BCUT2D eigenvalue weighted by Crippen LogP contribution is -2.38. The van der Waals surface area contributed by atoms with Crippen molar-refractivity contribution in [3.63, 3.8) is 0 Å². The van der Waals surface area contributed by atoms with Gasteiger partial charge in [-0.1, -0.05) is 31.0 Å². The van der Waals surface area contributed by atoms with Gasteiger partial charge in [0, 0.05) is 19.8 Å². The summed E-state index contributed by atoms with van der Waals surface area (Å²) in [4.78, 5) is 11.5. The van der Waals surface area contributed by atoms with Crippen LogP contribution in [0.1, 0.15) is 31.7 Å². The summed E-state index contributed by atoms with van der Waals surface area (Å²) in [5, 5.41) is 5.40. The molecule has 0 saturated carbocycles. The molecule has 0 aliphatic heterocycles. The number of hydrogen-bond acceptors (Lipinski definition) is 3. The van der Waals surface area contributed by atoms with E-state index in [2.05, 4.69) is 17.6 Å². The highest BCUT2D eigenvalue weighted by Crippen LogP contribution is 2.10. The predicted octanol–water partition coefficient (Wildman–Crippen LogP) is 2.84. The normalized spacial score (nSPS) is 10.2. The predicted molar refractivity (Wildman–Crippen MR) is 83.6 cm³/mol. The Balaban J connectivity index is 1.97. The minimum Gasteiger partial charge on any atom is -0.473 e. The second kappa shape index (κ2) is 11.0. The SMILES string of the molecule is CCCCOCCCNC(=O)NCOc1ccc(C)cc1. The Morgan fingerprint density at radius 3 is 2.52 bits per heavy atom. The van der Waals surface area contributed by atoms with Crippen molar-refractivity contribution < 1.29 is 14.3 Å². The van der Waals surface area contributed by atoms with E-state index >= 15 is 0 Å². The maximum absolute atomic E-state index is 11.5. The highest BCUT2D eigenvalue weighted by atomic mass is 16.5. The van der Waals surface area contributed by atoms with Crippen LogP contribution in [0.3, 0.4) is 0 Å². The summed E-state index contributed by atoms with van der Waals surface area (Å²) in [7, 11) is 0. The molecular weight excluding hydrogens is 268 g/mol. The van der Waals surface area contributed by atoms with E-state index < -0.39 is 0 Å². The molecule has 0 spiro atoms. The largest absolute Gasteiger partial charge is 0.473 e. The van der Waals surface area contributed by atoms with Gasteiger partial charge in [-0.3, -0.25) is 0 Å². The first-order valence-electron chi connectivity index (χ1n) is 7.51. The van der Waals surface area contributed by atoms with Gasteiger partial charge in [-0.25, -0.2) is 4.79 Å². The minimum atomic E-state index is -0.226. The zero-order valence-electron chi connectivity index (χ0n) is 13.0. The van der Waals surface area contributed by atoms with Crippen molar-refractivity contribution in [1.82, 2.24) is 10.6 Å². The first-order chi connectivity index (χ1) is 10.2. The molecule has 5 heteroatoms. The molecule has 2 N–H and O–H groups in total. The summed E-state index contributed by atoms with van der Waals surface area (Å²) in [5.74, 6) is 0.741. The molecule has 0 radical (unpaired) electrons. The number of ether oxygens (including phenoxy) is 2. The standard InChI is InChI=1S/C16H26N2O3/c1-3-4-11-20-12-5-10-17-16(19)18-13-21-15-8-6-14(2)7-9-15/h6-9H,3-5,10-13H2,1-2H3,(H2,17,18,19). The number of aryl methyl sites for hydroxylation is 1. The third-order valence-electron chi connectivity index (χ3n) is 2.89. The molecule has 1 aromatic carbocycles. The highest BCUT2D eigenvalue weighted by molar-refractivity contribution is 5.73. The van der Waals surface area contributed by atoms with E-state index in [1.165, 1.54) is 5.56 Å². The fourth-order valence-electron chi connectivity index (χ4n) is 1.61. The molecule has 0 unspecified atom stereocenters. The van der Waals surface area contributed by atoms with Crippen molar-refractivity contribution in [1.29, 1.82) is 0 Å². The first-order valence-corrected chi connectivity index (χ1v) is 7.51. The van der Waals surface area contributed by atoms with Crippen LogP contribution in [0.25, 0.3) is 0 Å². The minimum absolute atomic E-state index is 0.155. The van der Waals surface area contributed by atoms with Crippen molar-refractivity contribution in [2.45, 2.75) is 33.1 Å². The van der Waals surface area contributed by atoms with Gasteiger partial charge in [0.2, 0.25) is 0 Å². The van der Waals surface area contributed by atoms with E-state index in [-0.39, 0.29) is 12.8 Å². The van der Waals surface area contributed by atoms with E-state index in [9.17, 15) is 4.79 Å². The average Bonchev–Trinajstić information content (AvgIpc) is 2.48. The van der Waals surface area contributed by atoms with Crippen LogP contribution in [0.5, 0.6) is 5.75 Å². The molecule has 21 heavy (non-hydrogen) atoms. The summed E-state index contributed by atoms with van der Waals surface area (Å²) in [6, 6.07) is 7.46. The molecule has 118 valence electrons. The van der Waals surface area contributed by atoms with Gasteiger partial charge in [0.1, 0.15) is 5.75 Å². The van der Waals surface area contributed by atoms with Crippen LogP contribution in [0, 0.1) is 6.92 Å². The Hall–Kier alpha value is -1.75. The van der Waals surface area contributed by atoms with Gasteiger partial charge < -0.3 is 20.1 Å². The van der Waals surface area contributed by atoms with Gasteiger partial charge in [-0.2, -0.15) is 0 Å². The van der Waals surface area contributed by atoms with E-state index in [0.717, 1.165) is 31.6 Å². The second-order valence-electron chi connectivity index (χ2n) is 4.85. The monoisotopic (exact) mass is 294 g/mol. The zero-order chi connectivity index (χ0) is 15.3. The topological polar surface area (TPSA) is 59.6 Å². The van der Waals surface area contributed by atoms with Gasteiger partial charge >= 0.3 is 6.03 Å². The third kappa shape index (κ3) is 8.92. The molecule has 1 rings (SSSR count). The van der Waals surface area contributed by atoms with Crippen LogP contribution in [-0.2, 0) is 4.74 Å². The fraction of sp³-hybridized carbons (Fsp3) is 0.562. The lowest BCUT2D eigenvalue weighted by atomic mass is 10.2. The summed E-state index contributed by atoms with van der Waals surface area (Å²) in [5.41, 5.74) is 1.18. The summed E-state index contributed by atoms with van der Waals surface area (Å²) in [6.07, 6.45) is 3.04. The van der Waals surface area contributed by atoms with E-state index in [1.54, 1.807) is 0 Å². The van der Waals surface area contributed by atoms with Gasteiger partial charge in [-0.15, -0.1) is 0 Å². The quantitative estimate of drug-likeness (QED) is 0.515. The van der Waals surface area contributed by atoms with Crippen molar-refractivity contribution >= 4 is 6.03 Å². The Morgan fingerprint density at radius 2 is 1.81 bits per heavy atom. The maximum Gasteiger partial charge on any atom is 0.317 e. The average molecular weight is 294 g/mol. The van der Waals surface area contributed by atoms with Crippen molar-refractivity contribution in [3.05, 3.63) is 29.8 Å². The summed E-state index contributed by atoms with van der Waals surface area (Å²) in [6.45, 7) is 6.38. The highest BCUT2D eigenvalue weighted by Gasteiger charge is 1.99. The number of amides is 2. The molecule has 0 heterocycles. The molecule has 0 aliphatic carbocycles. The zero-order valence-corrected chi connectivity index (χ0v) is 13.0. The van der Waals surface area contributed by atoms with Gasteiger partial charge in [-0.05, 0) is 31.9 Å². The summed E-state index contributed by atoms with van der Waals surface area (Å²) >= 11 is 0. The second-order valence-corrected chi connectivity index (χ2v) is 4.85. The van der Waals surface area contributed by atoms with E-state index in [0.29, 0.717) is 13.2 Å². The molecule has 0 aliphatic rings. The molecular formula is C16H26N2O3. The Morgan fingerprint density at radius 1 is 1.10 bits per heavy atom. The number of rotatable bonds is 10. The molecule has 0 fully saturated rings. The molecule has 0 atom stereocenters. The number of hydrogen-bond donors (Lipinski definition) is 2. The Labute approximate surface area is 127 Å². The van der Waals surface area contributed by atoms with Crippen molar-refractivity contribution in [2.24, 2.45) is 0 Å². The molecule has 0 saturated heterocycles. The van der Waals surface area contributed by atoms with Crippen LogP contribution in [0.2, 0.25) is 0 Å². The fourth-order valence-corrected chi connectivity index (χ4v) is 1.61. The van der Waals surface area contributed by atoms with Crippen molar-refractivity contribution in [3.8, 4) is 5.75 Å². The van der Waals surface area contributed by atoms with Gasteiger partial charge in [0.05, 0.1) is 0 Å². The van der Waals surface area contributed by atoms with Crippen molar-refractivity contribution in [2.75, 3.05) is 26.5 Å². The van der Waals surface area contributed by atoms with Crippen LogP contribution in [0.15, 0.2) is 24.3 Å². The van der Waals surface area contributed by atoms with E-state index in [1.807, 2.05) is 31.2 Å². The first kappa shape index (κ1) is 17.3. The number of urea groups is 1. The summed E-state index contributed by atoms with van der Waals surface area (Å²) < 4.78 is 10.8. The maximum atomic E-state index is 11.5. The number of nitrogens with one attached hydrogen (secondary N) is 2. The van der Waals surface area contributed by atoms with Crippen LogP contribution in [-0.4, -0.2) is 32.5 Å². The molecule has 0 bridgehead atoms.